The third-order valence-corrected chi connectivity index (χ3v) is 2.72. The summed E-state index contributed by atoms with van der Waals surface area (Å²) in [5.41, 5.74) is -1.86. The van der Waals surface area contributed by atoms with Crippen molar-refractivity contribution < 1.29 is 32.3 Å². The second-order valence-corrected chi connectivity index (χ2v) is 4.35. The Kier molecular flexibility index (Phi) is 5.28. The Morgan fingerprint density at radius 1 is 1.33 bits per heavy atom. The highest BCUT2D eigenvalue weighted by Gasteiger charge is 2.34. The van der Waals surface area contributed by atoms with E-state index in [4.69, 9.17) is 5.11 Å². The van der Waals surface area contributed by atoms with E-state index in [1.165, 1.54) is 0 Å². The molecule has 116 valence electrons. The molecule has 0 aliphatic heterocycles. The second-order valence-electron chi connectivity index (χ2n) is 4.35. The predicted molar refractivity (Wildman–Crippen MR) is 65.2 cm³/mol. The minimum Gasteiger partial charge on any atom is -0.480 e. The Labute approximate surface area is 117 Å². The SMILES string of the molecule is CCCC(NC(=O)c1ccc(C(F)(F)F)c(F)c1)C(=O)O. The zero-order valence-corrected chi connectivity index (χ0v) is 11.0. The van der Waals surface area contributed by atoms with Crippen molar-refractivity contribution in [2.75, 3.05) is 0 Å². The summed E-state index contributed by atoms with van der Waals surface area (Å²) in [6.07, 6.45) is -4.21. The lowest BCUT2D eigenvalue weighted by atomic mass is 10.1. The fourth-order valence-corrected chi connectivity index (χ4v) is 1.67. The first-order valence-electron chi connectivity index (χ1n) is 6.07. The fourth-order valence-electron chi connectivity index (χ4n) is 1.67. The third-order valence-electron chi connectivity index (χ3n) is 2.72. The number of carboxylic acids is 1. The molecule has 1 aromatic rings. The zero-order valence-electron chi connectivity index (χ0n) is 11.0. The minimum atomic E-state index is -4.86. The van der Waals surface area contributed by atoms with E-state index >= 15 is 0 Å². The van der Waals surface area contributed by atoms with Crippen molar-refractivity contribution in [1.82, 2.24) is 5.32 Å². The van der Waals surface area contributed by atoms with Crippen molar-refractivity contribution in [3.05, 3.63) is 35.1 Å². The third kappa shape index (κ3) is 4.44. The molecule has 0 aromatic heterocycles. The monoisotopic (exact) mass is 307 g/mol. The molecule has 0 aliphatic carbocycles. The van der Waals surface area contributed by atoms with Crippen molar-refractivity contribution in [1.29, 1.82) is 0 Å². The first kappa shape index (κ1) is 16.9. The van der Waals surface area contributed by atoms with Crippen molar-refractivity contribution in [3.63, 3.8) is 0 Å². The molecule has 1 unspecified atom stereocenters. The first-order chi connectivity index (χ1) is 9.66. The number of carbonyl (C=O) groups excluding carboxylic acids is 1. The lowest BCUT2D eigenvalue weighted by Crippen LogP contribution is -2.40. The summed E-state index contributed by atoms with van der Waals surface area (Å²) in [6.45, 7) is 1.71. The summed E-state index contributed by atoms with van der Waals surface area (Å²) in [5.74, 6) is -3.79. The highest BCUT2D eigenvalue weighted by Crippen LogP contribution is 2.31. The van der Waals surface area contributed by atoms with Gasteiger partial charge >= 0.3 is 12.1 Å². The van der Waals surface area contributed by atoms with E-state index in [1.807, 2.05) is 0 Å². The molecule has 0 spiro atoms. The Bertz CT molecular complexity index is 543. The molecule has 0 fully saturated rings. The van der Waals surface area contributed by atoms with Gasteiger partial charge in [0.25, 0.3) is 5.91 Å². The maximum Gasteiger partial charge on any atom is 0.419 e. The molecule has 0 bridgehead atoms. The van der Waals surface area contributed by atoms with Gasteiger partial charge in [-0.2, -0.15) is 13.2 Å². The molecule has 0 radical (unpaired) electrons. The van der Waals surface area contributed by atoms with Crippen molar-refractivity contribution in [2.45, 2.75) is 32.0 Å². The molecule has 4 nitrogen and oxygen atoms in total. The van der Waals surface area contributed by atoms with E-state index in [1.54, 1.807) is 6.92 Å². The quantitative estimate of drug-likeness (QED) is 0.822. The topological polar surface area (TPSA) is 66.4 Å². The van der Waals surface area contributed by atoms with Crippen LogP contribution in [-0.2, 0) is 11.0 Å². The van der Waals surface area contributed by atoms with Crippen LogP contribution >= 0.6 is 0 Å². The van der Waals surface area contributed by atoms with Gasteiger partial charge in [0.1, 0.15) is 11.9 Å². The van der Waals surface area contributed by atoms with Crippen LogP contribution in [0.5, 0.6) is 0 Å². The van der Waals surface area contributed by atoms with E-state index in [2.05, 4.69) is 5.32 Å². The highest BCUT2D eigenvalue weighted by molar-refractivity contribution is 5.96. The summed E-state index contributed by atoms with van der Waals surface area (Å²) in [7, 11) is 0. The van der Waals surface area contributed by atoms with Crippen molar-refractivity contribution >= 4 is 11.9 Å². The Morgan fingerprint density at radius 3 is 2.38 bits per heavy atom. The number of rotatable bonds is 5. The number of hydrogen-bond donors (Lipinski definition) is 2. The van der Waals surface area contributed by atoms with Gasteiger partial charge in [0.2, 0.25) is 0 Å². The molecule has 0 aliphatic rings. The minimum absolute atomic E-state index is 0.157. The number of carboxylic acid groups (broad SMARTS) is 1. The highest BCUT2D eigenvalue weighted by atomic mass is 19.4. The van der Waals surface area contributed by atoms with Gasteiger partial charge in [-0.3, -0.25) is 4.79 Å². The number of halogens is 4. The van der Waals surface area contributed by atoms with Gasteiger partial charge in [0, 0.05) is 5.56 Å². The van der Waals surface area contributed by atoms with Crippen LogP contribution in [0.2, 0.25) is 0 Å². The molecule has 21 heavy (non-hydrogen) atoms. The number of amides is 1. The van der Waals surface area contributed by atoms with Crippen LogP contribution in [0.25, 0.3) is 0 Å². The lowest BCUT2D eigenvalue weighted by molar-refractivity contribution is -0.140. The average Bonchev–Trinajstić information content (AvgIpc) is 2.36. The molecule has 1 atom stereocenters. The summed E-state index contributed by atoms with van der Waals surface area (Å²) in [5, 5.41) is 11.0. The Hall–Kier alpha value is -2.12. The fraction of sp³-hybridized carbons (Fsp3) is 0.385. The molecule has 0 saturated heterocycles. The van der Waals surface area contributed by atoms with Gasteiger partial charge in [0.15, 0.2) is 0 Å². The molecule has 0 heterocycles. The van der Waals surface area contributed by atoms with Gasteiger partial charge in [-0.15, -0.1) is 0 Å². The molecule has 0 saturated carbocycles. The largest absolute Gasteiger partial charge is 0.480 e. The molecule has 8 heteroatoms. The van der Waals surface area contributed by atoms with Gasteiger partial charge in [-0.1, -0.05) is 13.3 Å². The number of aliphatic carboxylic acids is 1. The van der Waals surface area contributed by atoms with E-state index < -0.39 is 35.5 Å². The molecular formula is C13H13F4NO3. The van der Waals surface area contributed by atoms with Crippen LogP contribution < -0.4 is 5.32 Å². The van der Waals surface area contributed by atoms with Crippen molar-refractivity contribution in [3.8, 4) is 0 Å². The summed E-state index contributed by atoms with van der Waals surface area (Å²) in [6, 6.07) is 0.502. The van der Waals surface area contributed by atoms with Crippen LogP contribution in [0.4, 0.5) is 17.6 Å². The number of alkyl halides is 3. The van der Waals surface area contributed by atoms with Crippen LogP contribution in [-0.4, -0.2) is 23.0 Å². The first-order valence-corrected chi connectivity index (χ1v) is 6.07. The maximum absolute atomic E-state index is 13.3. The van der Waals surface area contributed by atoms with Gasteiger partial charge in [-0.25, -0.2) is 9.18 Å². The van der Waals surface area contributed by atoms with Crippen molar-refractivity contribution in [2.24, 2.45) is 0 Å². The Morgan fingerprint density at radius 2 is 1.95 bits per heavy atom. The number of carbonyl (C=O) groups is 2. The second kappa shape index (κ2) is 6.55. The van der Waals surface area contributed by atoms with Gasteiger partial charge in [0.05, 0.1) is 5.56 Å². The van der Waals surface area contributed by atoms with Crippen LogP contribution in [0.1, 0.15) is 35.7 Å². The normalized spacial score (nSPS) is 12.8. The van der Waals surface area contributed by atoms with E-state index in [-0.39, 0.29) is 12.0 Å². The molecule has 2 N–H and O–H groups in total. The predicted octanol–water partition coefficient (Wildman–Crippen LogP) is 2.83. The smallest absolute Gasteiger partial charge is 0.419 e. The molecule has 1 aromatic carbocycles. The van der Waals surface area contributed by atoms with Crippen LogP contribution in [0, 0.1) is 5.82 Å². The standard InChI is InChI=1S/C13H13F4NO3/c1-2-3-10(12(20)21)18-11(19)7-4-5-8(9(14)6-7)13(15,16)17/h4-6,10H,2-3H2,1H3,(H,18,19)(H,20,21). The summed E-state index contributed by atoms with van der Waals surface area (Å²) >= 11 is 0. The lowest BCUT2D eigenvalue weighted by Gasteiger charge is -2.14. The van der Waals surface area contributed by atoms with Gasteiger partial charge < -0.3 is 10.4 Å². The van der Waals surface area contributed by atoms with Crippen LogP contribution in [0.3, 0.4) is 0 Å². The zero-order chi connectivity index (χ0) is 16.2. The van der Waals surface area contributed by atoms with E-state index in [0.717, 1.165) is 6.07 Å². The number of hydrogen-bond acceptors (Lipinski definition) is 2. The van der Waals surface area contributed by atoms with E-state index in [9.17, 15) is 27.2 Å². The maximum atomic E-state index is 13.3. The molecule has 1 amide bonds. The van der Waals surface area contributed by atoms with E-state index in [0.29, 0.717) is 18.6 Å². The Balaban J connectivity index is 2.94. The number of benzene rings is 1. The summed E-state index contributed by atoms with van der Waals surface area (Å²) in [4.78, 5) is 22.6. The van der Waals surface area contributed by atoms with Crippen LogP contribution in [0.15, 0.2) is 18.2 Å². The molecular weight excluding hydrogens is 294 g/mol. The number of nitrogens with one attached hydrogen (secondary N) is 1. The summed E-state index contributed by atoms with van der Waals surface area (Å²) < 4.78 is 50.5. The average molecular weight is 307 g/mol. The molecule has 1 rings (SSSR count). The van der Waals surface area contributed by atoms with Gasteiger partial charge in [-0.05, 0) is 24.6 Å².